The van der Waals surface area contributed by atoms with Gasteiger partial charge in [-0.3, -0.25) is 9.59 Å². The van der Waals surface area contributed by atoms with Crippen LogP contribution in [-0.2, 0) is 9.59 Å². The summed E-state index contributed by atoms with van der Waals surface area (Å²) in [6, 6.07) is 11.9. The van der Waals surface area contributed by atoms with E-state index in [1.54, 1.807) is 54.5 Å². The van der Waals surface area contributed by atoms with E-state index in [4.69, 9.17) is 11.6 Å². The van der Waals surface area contributed by atoms with E-state index in [2.05, 4.69) is 10.6 Å². The number of amides is 4. The van der Waals surface area contributed by atoms with Crippen LogP contribution in [0.25, 0.3) is 0 Å². The van der Waals surface area contributed by atoms with Gasteiger partial charge in [0.05, 0.1) is 17.3 Å². The Labute approximate surface area is 172 Å². The maximum atomic E-state index is 13.1. The molecule has 2 N–H and O–H groups in total. The molecule has 4 rings (SSSR count). The van der Waals surface area contributed by atoms with Crippen LogP contribution in [0.1, 0.15) is 5.56 Å². The zero-order valence-electron chi connectivity index (χ0n) is 15.8. The van der Waals surface area contributed by atoms with Crippen LogP contribution in [0.15, 0.2) is 60.3 Å². The Morgan fingerprint density at radius 3 is 2.55 bits per heavy atom. The first-order chi connectivity index (χ1) is 13.8. The lowest BCUT2D eigenvalue weighted by Crippen LogP contribution is -2.65. The topological polar surface area (TPSA) is 81.8 Å². The number of imide groups is 1. The molecule has 1 saturated heterocycles. The third kappa shape index (κ3) is 3.45. The number of halogens is 1. The molecule has 2 aliphatic rings. The number of rotatable bonds is 3. The second-order valence-electron chi connectivity index (χ2n) is 7.10. The molecule has 148 valence electrons. The van der Waals surface area contributed by atoms with Gasteiger partial charge in [-0.2, -0.15) is 0 Å². The average molecular weight is 411 g/mol. The normalized spacial score (nSPS) is 20.9. The highest BCUT2D eigenvalue weighted by Crippen LogP contribution is 2.30. The summed E-state index contributed by atoms with van der Waals surface area (Å²) >= 11 is 5.96. The van der Waals surface area contributed by atoms with E-state index < -0.39 is 24.0 Å². The van der Waals surface area contributed by atoms with E-state index in [0.29, 0.717) is 22.0 Å². The Bertz CT molecular complexity index is 1030. The number of benzene rings is 2. The van der Waals surface area contributed by atoms with E-state index in [1.807, 2.05) is 19.1 Å². The van der Waals surface area contributed by atoms with Gasteiger partial charge in [-0.15, -0.1) is 0 Å². The number of nitrogens with one attached hydrogen (secondary N) is 2. The molecule has 0 aliphatic carbocycles. The quantitative estimate of drug-likeness (QED) is 0.815. The van der Waals surface area contributed by atoms with E-state index in [1.165, 1.54) is 0 Å². The number of likely N-dealkylation sites (N-methyl/N-ethyl adjacent to an activating group) is 1. The molecule has 2 unspecified atom stereocenters. The summed E-state index contributed by atoms with van der Waals surface area (Å²) < 4.78 is 0. The largest absolute Gasteiger partial charge is 0.366 e. The lowest BCUT2D eigenvalue weighted by atomic mass is 9.99. The number of carbonyl (C=O) groups excluding carboxylic acids is 3. The minimum absolute atomic E-state index is 0.308. The molecule has 0 bridgehead atoms. The van der Waals surface area contributed by atoms with Crippen molar-refractivity contribution in [1.29, 1.82) is 0 Å². The number of nitrogens with zero attached hydrogens (tertiary/aromatic N) is 2. The van der Waals surface area contributed by atoms with E-state index in [-0.39, 0.29) is 5.91 Å². The van der Waals surface area contributed by atoms with Crippen LogP contribution in [0.4, 0.5) is 16.2 Å². The Morgan fingerprint density at radius 2 is 1.86 bits per heavy atom. The molecule has 0 saturated carbocycles. The Kier molecular flexibility index (Phi) is 4.76. The van der Waals surface area contributed by atoms with Crippen LogP contribution in [0.5, 0.6) is 0 Å². The predicted octanol–water partition coefficient (Wildman–Crippen LogP) is 2.91. The number of aryl methyl sites for hydroxylation is 1. The Balaban J connectivity index is 1.57. The molecule has 29 heavy (non-hydrogen) atoms. The van der Waals surface area contributed by atoms with Gasteiger partial charge in [0, 0.05) is 24.0 Å². The number of fused-ring (bicyclic) bond motifs is 1. The van der Waals surface area contributed by atoms with Crippen LogP contribution >= 0.6 is 11.6 Å². The lowest BCUT2D eigenvalue weighted by molar-refractivity contribution is -0.122. The minimum Gasteiger partial charge on any atom is -0.366 e. The van der Waals surface area contributed by atoms with Gasteiger partial charge in [-0.1, -0.05) is 35.4 Å². The van der Waals surface area contributed by atoms with Gasteiger partial charge in [0.25, 0.3) is 11.8 Å². The first-order valence-electron chi connectivity index (χ1n) is 9.07. The van der Waals surface area contributed by atoms with Gasteiger partial charge < -0.3 is 15.5 Å². The van der Waals surface area contributed by atoms with Crippen molar-refractivity contribution in [3.05, 3.63) is 70.9 Å². The first-order valence-corrected chi connectivity index (χ1v) is 9.44. The standard InChI is InChI=1S/C21H19ClN4O3/c1-12-6-8-15(9-7-12)26-20(28)18-17(24-21(26)29)16(11-25(18)2)19(27)23-14-5-3-4-13(22)10-14/h3-11,17-18H,1-2H3,(H,23,27)(H,24,29). The molecule has 7 nitrogen and oxygen atoms in total. The molecule has 0 aromatic heterocycles. The van der Waals surface area contributed by atoms with Gasteiger partial charge in [-0.25, -0.2) is 9.69 Å². The summed E-state index contributed by atoms with van der Waals surface area (Å²) in [5, 5.41) is 6.06. The van der Waals surface area contributed by atoms with Gasteiger partial charge in [0.2, 0.25) is 0 Å². The fourth-order valence-electron chi connectivity index (χ4n) is 3.60. The molecule has 2 aromatic rings. The van der Waals surface area contributed by atoms with Crippen LogP contribution in [0, 0.1) is 6.92 Å². The molecule has 2 atom stereocenters. The molecule has 2 heterocycles. The summed E-state index contributed by atoms with van der Waals surface area (Å²) in [6.07, 6.45) is 1.59. The Morgan fingerprint density at radius 1 is 1.14 bits per heavy atom. The summed E-state index contributed by atoms with van der Waals surface area (Å²) in [5.74, 6) is -0.782. The van der Waals surface area contributed by atoms with Gasteiger partial charge in [0.15, 0.2) is 0 Å². The van der Waals surface area contributed by atoms with Crippen molar-refractivity contribution in [2.24, 2.45) is 0 Å². The second-order valence-corrected chi connectivity index (χ2v) is 7.53. The molecule has 0 spiro atoms. The van der Waals surface area contributed by atoms with Crippen LogP contribution in [0.3, 0.4) is 0 Å². The van der Waals surface area contributed by atoms with Gasteiger partial charge in [0.1, 0.15) is 6.04 Å². The van der Waals surface area contributed by atoms with Gasteiger partial charge in [-0.05, 0) is 37.3 Å². The number of carbonyl (C=O) groups is 3. The first kappa shape index (κ1) is 19.0. The SMILES string of the molecule is Cc1ccc(N2C(=O)NC3C(C(=O)Nc4cccc(Cl)c4)=CN(C)C3C2=O)cc1. The van der Waals surface area contributed by atoms with Crippen molar-refractivity contribution in [3.63, 3.8) is 0 Å². The molecule has 2 aromatic carbocycles. The van der Waals surface area contributed by atoms with E-state index >= 15 is 0 Å². The predicted molar refractivity (Wildman–Crippen MR) is 111 cm³/mol. The molecular weight excluding hydrogens is 392 g/mol. The average Bonchev–Trinajstić information content (AvgIpc) is 3.00. The van der Waals surface area contributed by atoms with Crippen LogP contribution < -0.4 is 15.5 Å². The van der Waals surface area contributed by atoms with Crippen molar-refractivity contribution in [2.45, 2.75) is 19.0 Å². The monoisotopic (exact) mass is 410 g/mol. The zero-order valence-corrected chi connectivity index (χ0v) is 16.6. The summed E-state index contributed by atoms with van der Waals surface area (Å²) in [7, 11) is 1.71. The molecule has 4 amide bonds. The fourth-order valence-corrected chi connectivity index (χ4v) is 3.79. The fraction of sp³-hybridized carbons (Fsp3) is 0.190. The minimum atomic E-state index is -0.735. The van der Waals surface area contributed by atoms with Crippen molar-refractivity contribution in [2.75, 3.05) is 17.3 Å². The third-order valence-corrected chi connectivity index (χ3v) is 5.26. The van der Waals surface area contributed by atoms with E-state index in [9.17, 15) is 14.4 Å². The molecular formula is C21H19ClN4O3. The molecule has 0 radical (unpaired) electrons. The summed E-state index contributed by atoms with van der Waals surface area (Å²) in [4.78, 5) is 41.4. The van der Waals surface area contributed by atoms with Crippen LogP contribution in [0.2, 0.25) is 5.02 Å². The lowest BCUT2D eigenvalue weighted by Gasteiger charge is -2.37. The van der Waals surface area contributed by atoms with Crippen molar-refractivity contribution in [3.8, 4) is 0 Å². The Hall–Kier alpha value is -3.32. The highest BCUT2D eigenvalue weighted by atomic mass is 35.5. The number of hydrogen-bond donors (Lipinski definition) is 2. The number of anilines is 2. The maximum absolute atomic E-state index is 13.1. The van der Waals surface area contributed by atoms with Crippen molar-refractivity contribution < 1.29 is 14.4 Å². The second kappa shape index (κ2) is 7.25. The van der Waals surface area contributed by atoms with Gasteiger partial charge >= 0.3 is 6.03 Å². The number of urea groups is 1. The molecule has 2 aliphatic heterocycles. The van der Waals surface area contributed by atoms with E-state index in [0.717, 1.165) is 10.5 Å². The van der Waals surface area contributed by atoms with Crippen molar-refractivity contribution in [1.82, 2.24) is 10.2 Å². The van der Waals surface area contributed by atoms with Crippen LogP contribution in [-0.4, -0.2) is 41.9 Å². The highest BCUT2D eigenvalue weighted by Gasteiger charge is 2.49. The highest BCUT2D eigenvalue weighted by molar-refractivity contribution is 6.31. The summed E-state index contributed by atoms with van der Waals surface area (Å²) in [6.45, 7) is 1.93. The smallest absolute Gasteiger partial charge is 0.329 e. The summed E-state index contributed by atoms with van der Waals surface area (Å²) in [5.41, 5.74) is 2.35. The third-order valence-electron chi connectivity index (χ3n) is 5.02. The molecule has 8 heteroatoms. The maximum Gasteiger partial charge on any atom is 0.329 e. The van der Waals surface area contributed by atoms with Crippen molar-refractivity contribution >= 4 is 40.8 Å². The molecule has 1 fully saturated rings. The zero-order chi connectivity index (χ0) is 20.7. The number of hydrogen-bond acceptors (Lipinski definition) is 4.